The number of hydrogen-bond donors (Lipinski definition) is 0. The molecule has 30 heavy (non-hydrogen) atoms. The zero-order chi connectivity index (χ0) is 21.1. The Bertz CT molecular complexity index is 951. The second-order valence-electron chi connectivity index (χ2n) is 7.66. The van der Waals surface area contributed by atoms with Gasteiger partial charge in [0.25, 0.3) is 0 Å². The van der Waals surface area contributed by atoms with Gasteiger partial charge in [0.2, 0.25) is 5.91 Å². The summed E-state index contributed by atoms with van der Waals surface area (Å²) in [5, 5.41) is 0.744. The van der Waals surface area contributed by atoms with Crippen molar-refractivity contribution in [3.8, 4) is 11.5 Å². The third-order valence-corrected chi connectivity index (χ3v) is 5.84. The lowest BCUT2D eigenvalue weighted by atomic mass is 10.1. The Morgan fingerprint density at radius 3 is 2.73 bits per heavy atom. The van der Waals surface area contributed by atoms with Gasteiger partial charge in [0.15, 0.2) is 0 Å². The quantitative estimate of drug-likeness (QED) is 0.663. The lowest BCUT2D eigenvalue weighted by Gasteiger charge is -2.36. The van der Waals surface area contributed by atoms with E-state index in [1.54, 1.807) is 6.08 Å². The van der Waals surface area contributed by atoms with Crippen molar-refractivity contribution in [3.05, 3.63) is 58.6 Å². The van der Waals surface area contributed by atoms with Crippen LogP contribution in [-0.4, -0.2) is 49.7 Å². The van der Waals surface area contributed by atoms with Crippen LogP contribution < -0.4 is 14.4 Å². The fourth-order valence-corrected chi connectivity index (χ4v) is 4.26. The second-order valence-corrected chi connectivity index (χ2v) is 8.07. The monoisotopic (exact) mass is 426 g/mol. The first-order chi connectivity index (χ1) is 14.5. The Labute approximate surface area is 182 Å². The molecule has 158 valence electrons. The largest absolute Gasteiger partial charge is 0.493 e. The summed E-state index contributed by atoms with van der Waals surface area (Å²) >= 11 is 6.31. The van der Waals surface area contributed by atoms with Crippen molar-refractivity contribution < 1.29 is 14.3 Å². The van der Waals surface area contributed by atoms with Crippen molar-refractivity contribution in [3.63, 3.8) is 0 Å². The second kappa shape index (κ2) is 9.00. The van der Waals surface area contributed by atoms with Crippen LogP contribution in [0.3, 0.4) is 0 Å². The summed E-state index contributed by atoms with van der Waals surface area (Å²) in [7, 11) is 0. The number of carbonyl (C=O) groups is 1. The van der Waals surface area contributed by atoms with Crippen LogP contribution in [0.2, 0.25) is 5.02 Å². The molecule has 1 fully saturated rings. The third-order valence-electron chi connectivity index (χ3n) is 5.52. The Hall–Kier alpha value is -2.66. The number of fused-ring (bicyclic) bond motifs is 1. The standard InChI is InChI=1S/C24H27ClN2O3/c1-3-29-22-16-19-14-17(2)30-23(19)15-18(22)8-9-24(28)27-12-10-26(11-13-27)21-7-5-4-6-20(21)25/h4-9,15-17H,3,10-14H2,1-2H3/b9-8+. The Balaban J connectivity index is 1.42. The van der Waals surface area contributed by atoms with E-state index in [0.29, 0.717) is 19.7 Å². The first kappa shape index (κ1) is 20.6. The summed E-state index contributed by atoms with van der Waals surface area (Å²) in [5.41, 5.74) is 3.05. The molecular formula is C24H27ClN2O3. The molecule has 1 unspecified atom stereocenters. The topological polar surface area (TPSA) is 42.0 Å². The average Bonchev–Trinajstić information content (AvgIpc) is 3.11. The fraction of sp³-hybridized carbons (Fsp3) is 0.375. The molecule has 5 nitrogen and oxygen atoms in total. The third kappa shape index (κ3) is 4.41. The number of amides is 1. The highest BCUT2D eigenvalue weighted by atomic mass is 35.5. The minimum absolute atomic E-state index is 0.00559. The van der Waals surface area contributed by atoms with Crippen molar-refractivity contribution in [2.45, 2.75) is 26.4 Å². The van der Waals surface area contributed by atoms with Crippen LogP contribution >= 0.6 is 11.6 Å². The fourth-order valence-electron chi connectivity index (χ4n) is 4.01. The number of rotatable bonds is 5. The van der Waals surface area contributed by atoms with Gasteiger partial charge in [0, 0.05) is 49.8 Å². The highest BCUT2D eigenvalue weighted by Gasteiger charge is 2.23. The van der Waals surface area contributed by atoms with Crippen molar-refractivity contribution >= 4 is 29.3 Å². The Morgan fingerprint density at radius 2 is 2.00 bits per heavy atom. The number of para-hydroxylation sites is 1. The first-order valence-corrected chi connectivity index (χ1v) is 10.9. The SMILES string of the molecule is CCOc1cc2c(cc1/C=C/C(=O)N1CCN(c3ccccc3Cl)CC1)OC(C)C2. The molecule has 1 atom stereocenters. The maximum Gasteiger partial charge on any atom is 0.246 e. The van der Waals surface area contributed by atoms with Crippen LogP contribution in [0.4, 0.5) is 5.69 Å². The van der Waals surface area contributed by atoms with E-state index in [2.05, 4.69) is 11.8 Å². The van der Waals surface area contributed by atoms with Crippen molar-refractivity contribution in [1.82, 2.24) is 4.90 Å². The minimum Gasteiger partial charge on any atom is -0.493 e. The predicted molar refractivity (Wildman–Crippen MR) is 121 cm³/mol. The number of ether oxygens (including phenoxy) is 2. The highest BCUT2D eigenvalue weighted by molar-refractivity contribution is 6.33. The van der Waals surface area contributed by atoms with Gasteiger partial charge in [0.1, 0.15) is 17.6 Å². The van der Waals surface area contributed by atoms with Crippen LogP contribution in [0.15, 0.2) is 42.5 Å². The van der Waals surface area contributed by atoms with E-state index in [9.17, 15) is 4.79 Å². The molecule has 2 heterocycles. The maximum absolute atomic E-state index is 12.8. The van der Waals surface area contributed by atoms with Gasteiger partial charge < -0.3 is 19.3 Å². The van der Waals surface area contributed by atoms with Gasteiger partial charge in [0.05, 0.1) is 17.3 Å². The molecule has 0 aliphatic carbocycles. The number of carbonyl (C=O) groups excluding carboxylic acids is 1. The molecule has 0 spiro atoms. The molecule has 2 aromatic rings. The minimum atomic E-state index is 0.00559. The molecule has 2 aliphatic rings. The summed E-state index contributed by atoms with van der Waals surface area (Å²) < 4.78 is 11.7. The van der Waals surface area contributed by atoms with E-state index < -0.39 is 0 Å². The first-order valence-electron chi connectivity index (χ1n) is 10.5. The lowest BCUT2D eigenvalue weighted by Crippen LogP contribution is -2.48. The van der Waals surface area contributed by atoms with Crippen LogP contribution in [0.5, 0.6) is 11.5 Å². The molecule has 2 aromatic carbocycles. The van der Waals surface area contributed by atoms with Crippen molar-refractivity contribution in [2.75, 3.05) is 37.7 Å². The van der Waals surface area contributed by atoms with Gasteiger partial charge >= 0.3 is 0 Å². The molecule has 6 heteroatoms. The van der Waals surface area contributed by atoms with Crippen molar-refractivity contribution in [2.24, 2.45) is 0 Å². The summed E-state index contributed by atoms with van der Waals surface area (Å²) in [6.45, 7) is 7.45. The molecule has 4 rings (SSSR count). The predicted octanol–water partition coefficient (Wildman–Crippen LogP) is 4.42. The van der Waals surface area contributed by atoms with Crippen LogP contribution in [0.1, 0.15) is 25.0 Å². The smallest absolute Gasteiger partial charge is 0.246 e. The average molecular weight is 427 g/mol. The number of piperazine rings is 1. The summed E-state index contributed by atoms with van der Waals surface area (Å²) in [6.07, 6.45) is 4.52. The molecule has 0 aromatic heterocycles. The van der Waals surface area contributed by atoms with Gasteiger partial charge in [-0.1, -0.05) is 23.7 Å². The Morgan fingerprint density at radius 1 is 1.23 bits per heavy atom. The normalized spacial score (nSPS) is 18.4. The summed E-state index contributed by atoms with van der Waals surface area (Å²) in [5.74, 6) is 1.68. The number of hydrogen-bond acceptors (Lipinski definition) is 4. The van der Waals surface area contributed by atoms with Crippen LogP contribution in [-0.2, 0) is 11.2 Å². The molecule has 2 aliphatic heterocycles. The summed E-state index contributed by atoms with van der Waals surface area (Å²) in [4.78, 5) is 16.9. The lowest BCUT2D eigenvalue weighted by molar-refractivity contribution is -0.126. The number of benzene rings is 2. The summed E-state index contributed by atoms with van der Waals surface area (Å²) in [6, 6.07) is 11.8. The van der Waals surface area contributed by atoms with E-state index >= 15 is 0 Å². The molecule has 0 N–H and O–H groups in total. The number of nitrogens with zero attached hydrogens (tertiary/aromatic N) is 2. The van der Waals surface area contributed by atoms with E-state index in [1.807, 2.05) is 54.3 Å². The van der Waals surface area contributed by atoms with Crippen molar-refractivity contribution in [1.29, 1.82) is 0 Å². The molecule has 1 amide bonds. The molecular weight excluding hydrogens is 400 g/mol. The van der Waals surface area contributed by atoms with E-state index in [1.165, 1.54) is 0 Å². The highest BCUT2D eigenvalue weighted by Crippen LogP contribution is 2.35. The zero-order valence-electron chi connectivity index (χ0n) is 17.4. The van der Waals surface area contributed by atoms with Crippen LogP contribution in [0.25, 0.3) is 6.08 Å². The van der Waals surface area contributed by atoms with Gasteiger partial charge in [-0.3, -0.25) is 4.79 Å². The van der Waals surface area contributed by atoms with E-state index in [-0.39, 0.29) is 12.0 Å². The number of anilines is 1. The zero-order valence-corrected chi connectivity index (χ0v) is 18.2. The molecule has 0 bridgehead atoms. The molecule has 0 saturated carbocycles. The van der Waals surface area contributed by atoms with E-state index in [4.69, 9.17) is 21.1 Å². The van der Waals surface area contributed by atoms with Crippen LogP contribution in [0, 0.1) is 0 Å². The maximum atomic E-state index is 12.8. The number of halogens is 1. The van der Waals surface area contributed by atoms with Gasteiger partial charge in [-0.05, 0) is 44.2 Å². The van der Waals surface area contributed by atoms with E-state index in [0.717, 1.165) is 52.8 Å². The van der Waals surface area contributed by atoms with Gasteiger partial charge in [-0.2, -0.15) is 0 Å². The molecule has 0 radical (unpaired) electrons. The molecule has 1 saturated heterocycles. The van der Waals surface area contributed by atoms with Gasteiger partial charge in [-0.15, -0.1) is 0 Å². The van der Waals surface area contributed by atoms with Gasteiger partial charge in [-0.25, -0.2) is 0 Å². The Kier molecular flexibility index (Phi) is 6.18.